The molecule has 0 aromatic rings. The molecule has 4 nitrogen and oxygen atoms in total. The van der Waals surface area contributed by atoms with Crippen molar-refractivity contribution >= 4 is 0 Å². The molecular weight excluding hydrogens is 108 g/mol. The third kappa shape index (κ3) is 0.891. The van der Waals surface area contributed by atoms with E-state index in [4.69, 9.17) is 5.26 Å². The van der Waals surface area contributed by atoms with Crippen LogP contribution in [0.5, 0.6) is 0 Å². The van der Waals surface area contributed by atoms with Crippen LogP contribution in [-0.2, 0) is 9.78 Å². The molecule has 4 heteroatoms. The van der Waals surface area contributed by atoms with Gasteiger partial charge in [0.1, 0.15) is 6.61 Å². The van der Waals surface area contributed by atoms with Crippen LogP contribution in [-0.4, -0.2) is 6.61 Å². The molecule has 8 heavy (non-hydrogen) atoms. The largest absolute Gasteiger partial charge is 0.343 e. The summed E-state index contributed by atoms with van der Waals surface area (Å²) in [6, 6.07) is 0. The average Bonchev–Trinajstić information content (AvgIpc) is 2.19. The van der Waals surface area contributed by atoms with Crippen molar-refractivity contribution < 1.29 is 9.78 Å². The molecule has 1 rings (SSSR count). The van der Waals surface area contributed by atoms with E-state index >= 15 is 0 Å². The fourth-order valence-corrected chi connectivity index (χ4v) is 0.361. The topological polar surface area (TPSA) is 54.3 Å². The fraction of sp³-hybridized carbons (Fsp3) is 0.250. The molecule has 0 bridgehead atoms. The molecule has 0 spiro atoms. The predicted octanol–water partition coefficient (Wildman–Crippen LogP) is -0.140. The van der Waals surface area contributed by atoms with Gasteiger partial charge in [-0.1, -0.05) is 0 Å². The summed E-state index contributed by atoms with van der Waals surface area (Å²) in [4.78, 5) is 8.74. The minimum Gasteiger partial charge on any atom is -0.343 e. The van der Waals surface area contributed by atoms with E-state index in [-0.39, 0.29) is 0 Å². The summed E-state index contributed by atoms with van der Waals surface area (Å²) in [7, 11) is 0. The van der Waals surface area contributed by atoms with Crippen LogP contribution < -0.4 is 5.32 Å². The molecule has 0 unspecified atom stereocenters. The normalized spacial score (nSPS) is 16.1. The van der Waals surface area contributed by atoms with E-state index in [0.717, 1.165) is 0 Å². The summed E-state index contributed by atoms with van der Waals surface area (Å²) in [6.07, 6.45) is 3.08. The van der Waals surface area contributed by atoms with Crippen LogP contribution in [0.4, 0.5) is 0 Å². The summed E-state index contributed by atoms with van der Waals surface area (Å²) in [5.41, 5.74) is 0.646. The van der Waals surface area contributed by atoms with E-state index in [9.17, 15) is 0 Å². The van der Waals surface area contributed by atoms with Gasteiger partial charge >= 0.3 is 0 Å². The molecule has 1 aliphatic heterocycles. The fourth-order valence-electron chi connectivity index (χ4n) is 0.361. The standard InChI is InChI=1S/C4H4N2O2/c5-3-6-4-1-7-8-2-4/h1,6H,2H2. The Kier molecular flexibility index (Phi) is 1.35. The molecule has 0 aromatic heterocycles. The van der Waals surface area contributed by atoms with Crippen molar-refractivity contribution in [3.63, 3.8) is 0 Å². The number of hydrogen-bond donors (Lipinski definition) is 1. The minimum absolute atomic E-state index is 0.327. The number of nitrogens with one attached hydrogen (secondary N) is 1. The second-order valence-electron chi connectivity index (χ2n) is 1.24. The van der Waals surface area contributed by atoms with Crippen LogP contribution in [0.25, 0.3) is 0 Å². The van der Waals surface area contributed by atoms with Crippen molar-refractivity contribution in [3.05, 3.63) is 12.0 Å². The minimum atomic E-state index is 0.327. The molecule has 0 fully saturated rings. The highest BCUT2D eigenvalue weighted by Crippen LogP contribution is 1.99. The highest BCUT2D eigenvalue weighted by atomic mass is 17.2. The maximum absolute atomic E-state index is 8.01. The van der Waals surface area contributed by atoms with Gasteiger partial charge in [-0.05, 0) is 0 Å². The second kappa shape index (κ2) is 2.19. The molecule has 1 aliphatic rings. The lowest BCUT2D eigenvalue weighted by Gasteiger charge is -1.86. The lowest BCUT2D eigenvalue weighted by atomic mass is 10.5. The first-order valence-corrected chi connectivity index (χ1v) is 2.06. The highest BCUT2D eigenvalue weighted by Gasteiger charge is 2.03. The van der Waals surface area contributed by atoms with Crippen molar-refractivity contribution in [2.24, 2.45) is 0 Å². The van der Waals surface area contributed by atoms with Crippen LogP contribution in [0, 0.1) is 11.5 Å². The van der Waals surface area contributed by atoms with Crippen LogP contribution >= 0.6 is 0 Å². The molecule has 0 saturated heterocycles. The third-order valence-corrected chi connectivity index (χ3v) is 0.689. The van der Waals surface area contributed by atoms with E-state index in [1.165, 1.54) is 6.26 Å². The Hall–Kier alpha value is -1.21. The van der Waals surface area contributed by atoms with Gasteiger partial charge in [-0.2, -0.15) is 10.1 Å². The molecule has 0 amide bonds. The van der Waals surface area contributed by atoms with E-state index in [0.29, 0.717) is 12.3 Å². The van der Waals surface area contributed by atoms with Crippen LogP contribution in [0.15, 0.2) is 12.0 Å². The zero-order chi connectivity index (χ0) is 5.82. The monoisotopic (exact) mass is 112 g/mol. The number of nitriles is 1. The quantitative estimate of drug-likeness (QED) is 0.291. The first-order valence-electron chi connectivity index (χ1n) is 2.06. The van der Waals surface area contributed by atoms with E-state index < -0.39 is 0 Å². The van der Waals surface area contributed by atoms with Gasteiger partial charge in [-0.25, -0.2) is 0 Å². The zero-order valence-corrected chi connectivity index (χ0v) is 4.05. The summed E-state index contributed by atoms with van der Waals surface area (Å²) < 4.78 is 0. The van der Waals surface area contributed by atoms with Gasteiger partial charge in [0.25, 0.3) is 0 Å². The van der Waals surface area contributed by atoms with Gasteiger partial charge in [0.15, 0.2) is 12.5 Å². The summed E-state index contributed by atoms with van der Waals surface area (Å²) in [5.74, 6) is 0. The summed E-state index contributed by atoms with van der Waals surface area (Å²) >= 11 is 0. The molecule has 0 aromatic carbocycles. The van der Waals surface area contributed by atoms with Crippen LogP contribution in [0.2, 0.25) is 0 Å². The Morgan fingerprint density at radius 3 is 3.25 bits per heavy atom. The second-order valence-corrected chi connectivity index (χ2v) is 1.24. The molecule has 0 aliphatic carbocycles. The maximum atomic E-state index is 8.01. The Labute approximate surface area is 46.2 Å². The molecule has 1 heterocycles. The third-order valence-electron chi connectivity index (χ3n) is 0.689. The van der Waals surface area contributed by atoms with Gasteiger partial charge < -0.3 is 4.89 Å². The molecular formula is C4H4N2O2. The predicted molar refractivity (Wildman–Crippen MR) is 23.9 cm³/mol. The smallest absolute Gasteiger partial charge is 0.181 e. The molecule has 0 radical (unpaired) electrons. The number of hydrogen-bond acceptors (Lipinski definition) is 4. The van der Waals surface area contributed by atoms with Gasteiger partial charge in [0.2, 0.25) is 0 Å². The van der Waals surface area contributed by atoms with Crippen LogP contribution in [0.3, 0.4) is 0 Å². The van der Waals surface area contributed by atoms with E-state index in [1.807, 2.05) is 0 Å². The summed E-state index contributed by atoms with van der Waals surface area (Å²) in [5, 5.41) is 10.4. The van der Waals surface area contributed by atoms with Gasteiger partial charge in [0, 0.05) is 0 Å². The highest BCUT2D eigenvalue weighted by molar-refractivity contribution is 5.01. The maximum Gasteiger partial charge on any atom is 0.181 e. The lowest BCUT2D eigenvalue weighted by molar-refractivity contribution is -0.221. The van der Waals surface area contributed by atoms with Gasteiger partial charge in [-0.15, -0.1) is 0 Å². The molecule has 42 valence electrons. The first kappa shape index (κ1) is 4.94. The molecule has 0 saturated carbocycles. The number of nitrogens with zero attached hydrogens (tertiary/aromatic N) is 1. The SMILES string of the molecule is N#CNC1=COOC1. The van der Waals surface area contributed by atoms with Crippen molar-refractivity contribution in [3.8, 4) is 6.19 Å². The molecule has 1 N–H and O–H groups in total. The Morgan fingerprint density at radius 1 is 1.88 bits per heavy atom. The Morgan fingerprint density at radius 2 is 2.75 bits per heavy atom. The Balaban J connectivity index is 2.36. The van der Waals surface area contributed by atoms with E-state index in [1.54, 1.807) is 6.19 Å². The van der Waals surface area contributed by atoms with Crippen LogP contribution in [0.1, 0.15) is 0 Å². The van der Waals surface area contributed by atoms with Crippen molar-refractivity contribution in [1.82, 2.24) is 5.32 Å². The van der Waals surface area contributed by atoms with Crippen molar-refractivity contribution in [2.75, 3.05) is 6.61 Å². The Bertz CT molecular complexity index is 147. The van der Waals surface area contributed by atoms with Gasteiger partial charge in [-0.3, -0.25) is 5.32 Å². The lowest BCUT2D eigenvalue weighted by Crippen LogP contribution is -2.05. The average molecular weight is 112 g/mol. The van der Waals surface area contributed by atoms with Gasteiger partial charge in [0.05, 0.1) is 5.70 Å². The zero-order valence-electron chi connectivity index (χ0n) is 4.05. The number of rotatable bonds is 1. The first-order chi connectivity index (χ1) is 3.93. The van der Waals surface area contributed by atoms with Crippen molar-refractivity contribution in [2.45, 2.75) is 0 Å². The molecule has 0 atom stereocenters. The van der Waals surface area contributed by atoms with Crippen molar-refractivity contribution in [1.29, 1.82) is 5.26 Å². The van der Waals surface area contributed by atoms with E-state index in [2.05, 4.69) is 15.1 Å². The summed E-state index contributed by atoms with van der Waals surface area (Å²) in [6.45, 7) is 0.327.